The van der Waals surface area contributed by atoms with E-state index in [4.69, 9.17) is 14.9 Å². The van der Waals surface area contributed by atoms with Crippen LogP contribution in [-0.2, 0) is 10.2 Å². The summed E-state index contributed by atoms with van der Waals surface area (Å²) >= 11 is 3.09. The van der Waals surface area contributed by atoms with E-state index in [2.05, 4.69) is 46.5 Å². The minimum atomic E-state index is -0.250. The molecule has 7 nitrogen and oxygen atoms in total. The molecule has 1 saturated heterocycles. The van der Waals surface area contributed by atoms with Crippen LogP contribution < -0.4 is 5.32 Å². The number of benzene rings is 1. The molecule has 0 atom stereocenters. The number of amides is 1. The van der Waals surface area contributed by atoms with Crippen molar-refractivity contribution in [1.82, 2.24) is 14.9 Å². The van der Waals surface area contributed by atoms with E-state index in [0.29, 0.717) is 19.6 Å². The maximum atomic E-state index is 12.9. The molecular weight excluding hydrogens is 444 g/mol. The van der Waals surface area contributed by atoms with Crippen molar-refractivity contribution in [2.45, 2.75) is 25.2 Å². The highest BCUT2D eigenvalue weighted by atomic mass is 32.1. The Bertz CT molecular complexity index is 1040. The van der Waals surface area contributed by atoms with E-state index in [0.717, 1.165) is 33.6 Å². The first-order chi connectivity index (χ1) is 15.5. The highest BCUT2D eigenvalue weighted by Gasteiger charge is 2.41. The molecule has 1 aliphatic rings. The first-order valence-electron chi connectivity index (χ1n) is 10.2. The van der Waals surface area contributed by atoms with Crippen LogP contribution in [0.3, 0.4) is 0 Å². The Morgan fingerprint density at radius 2 is 2.00 bits per heavy atom. The van der Waals surface area contributed by atoms with Crippen LogP contribution in [0.25, 0.3) is 0 Å². The summed E-state index contributed by atoms with van der Waals surface area (Å²) in [6.07, 6.45) is 5.23. The Labute approximate surface area is 195 Å². The highest BCUT2D eigenvalue weighted by molar-refractivity contribution is 7.14. The molecule has 0 radical (unpaired) electrons. The highest BCUT2D eigenvalue weighted by Crippen LogP contribution is 2.43. The predicted molar refractivity (Wildman–Crippen MR) is 129 cm³/mol. The maximum absolute atomic E-state index is 12.9. The lowest BCUT2D eigenvalue weighted by atomic mass is 9.70. The molecule has 0 aliphatic carbocycles. The van der Waals surface area contributed by atoms with Gasteiger partial charge in [-0.1, -0.05) is 36.4 Å². The van der Waals surface area contributed by atoms with Crippen molar-refractivity contribution in [3.05, 3.63) is 75.7 Å². The zero-order chi connectivity index (χ0) is 23.0. The smallest absolute Gasteiger partial charge is 0.290 e. The molecule has 1 amide bonds. The molecule has 3 heterocycles. The van der Waals surface area contributed by atoms with Gasteiger partial charge in [-0.05, 0) is 25.3 Å². The largest absolute Gasteiger partial charge is 0.483 e. The van der Waals surface area contributed by atoms with E-state index in [1.54, 1.807) is 17.5 Å². The van der Waals surface area contributed by atoms with Crippen LogP contribution in [0.2, 0.25) is 0 Å². The number of nitrogens with one attached hydrogen (secondary N) is 1. The molecule has 4 rings (SSSR count). The van der Waals surface area contributed by atoms with Crippen molar-refractivity contribution in [2.75, 3.05) is 25.0 Å². The van der Waals surface area contributed by atoms with Crippen molar-refractivity contribution in [2.24, 2.45) is 0 Å². The fourth-order valence-electron chi connectivity index (χ4n) is 3.89. The van der Waals surface area contributed by atoms with Crippen LogP contribution in [0.1, 0.15) is 38.8 Å². The summed E-state index contributed by atoms with van der Waals surface area (Å²) in [6.45, 7) is 7.55. The normalized spacial score (nSPS) is 14.7. The molecule has 1 aliphatic heterocycles. The molecule has 2 aromatic heterocycles. The van der Waals surface area contributed by atoms with E-state index in [1.165, 1.54) is 16.9 Å². The summed E-state index contributed by atoms with van der Waals surface area (Å²) < 4.78 is 0. The number of rotatable bonds is 6. The van der Waals surface area contributed by atoms with Crippen molar-refractivity contribution in [3.63, 3.8) is 0 Å². The van der Waals surface area contributed by atoms with Crippen molar-refractivity contribution in [3.8, 4) is 0 Å². The molecule has 0 bridgehead atoms. The monoisotopic (exact) mass is 470 g/mol. The SMILES string of the molecule is C=CCNc1nc(C2(c3ccccc3)CCN(C(=O)c3cnc(C)s3)CC2)cs1.O=CO. The number of thiazole rings is 2. The van der Waals surface area contributed by atoms with E-state index < -0.39 is 0 Å². The zero-order valence-corrected chi connectivity index (χ0v) is 19.5. The van der Waals surface area contributed by atoms with E-state index in [9.17, 15) is 4.79 Å². The number of carbonyl (C=O) groups is 2. The summed E-state index contributed by atoms with van der Waals surface area (Å²) in [5, 5.41) is 14.2. The Kier molecular flexibility index (Phi) is 8.13. The van der Waals surface area contributed by atoms with E-state index >= 15 is 0 Å². The Morgan fingerprint density at radius 3 is 2.59 bits per heavy atom. The van der Waals surface area contributed by atoms with Crippen LogP contribution in [0.4, 0.5) is 5.13 Å². The molecule has 0 spiro atoms. The van der Waals surface area contributed by atoms with Gasteiger partial charge in [0.05, 0.1) is 16.9 Å². The first kappa shape index (κ1) is 23.6. The average molecular weight is 471 g/mol. The third-order valence-corrected chi connectivity index (χ3v) is 7.16. The van der Waals surface area contributed by atoms with Gasteiger partial charge < -0.3 is 15.3 Å². The zero-order valence-electron chi connectivity index (χ0n) is 17.9. The molecule has 32 heavy (non-hydrogen) atoms. The number of aryl methyl sites for hydroxylation is 1. The van der Waals surface area contributed by atoms with Gasteiger partial charge >= 0.3 is 0 Å². The van der Waals surface area contributed by atoms with Crippen molar-refractivity contribution in [1.29, 1.82) is 0 Å². The number of hydrogen-bond donors (Lipinski definition) is 2. The Hall–Kier alpha value is -3.04. The van der Waals surface area contributed by atoms with Gasteiger partial charge in [0.25, 0.3) is 12.4 Å². The summed E-state index contributed by atoms with van der Waals surface area (Å²) in [7, 11) is 0. The Balaban J connectivity index is 0.000000913. The lowest BCUT2D eigenvalue weighted by Gasteiger charge is -2.41. The van der Waals surface area contributed by atoms with Gasteiger partial charge in [-0.3, -0.25) is 9.59 Å². The van der Waals surface area contributed by atoms with Crippen LogP contribution in [-0.4, -0.2) is 52.0 Å². The van der Waals surface area contributed by atoms with Gasteiger partial charge in [-0.15, -0.1) is 29.3 Å². The minimum absolute atomic E-state index is 0.0869. The topological polar surface area (TPSA) is 95.4 Å². The second kappa shape index (κ2) is 11.0. The summed E-state index contributed by atoms with van der Waals surface area (Å²) in [5.41, 5.74) is 2.18. The fraction of sp³-hybridized carbons (Fsp3) is 0.304. The summed E-state index contributed by atoms with van der Waals surface area (Å²) in [4.78, 5) is 33.1. The Morgan fingerprint density at radius 1 is 1.31 bits per heavy atom. The molecule has 1 fully saturated rings. The number of carboxylic acid groups (broad SMARTS) is 1. The van der Waals surface area contributed by atoms with Gasteiger partial charge in [0.1, 0.15) is 4.88 Å². The predicted octanol–water partition coefficient (Wildman–Crippen LogP) is 4.43. The van der Waals surface area contributed by atoms with Crippen LogP contribution in [0.15, 0.2) is 54.6 Å². The number of anilines is 1. The third kappa shape index (κ3) is 5.23. The lowest BCUT2D eigenvalue weighted by molar-refractivity contribution is -0.122. The molecule has 168 valence electrons. The average Bonchev–Trinajstić information content (AvgIpc) is 3.48. The van der Waals surface area contributed by atoms with Crippen molar-refractivity contribution < 1.29 is 14.7 Å². The lowest BCUT2D eigenvalue weighted by Crippen LogP contribution is -2.45. The summed E-state index contributed by atoms with van der Waals surface area (Å²) in [6, 6.07) is 10.6. The van der Waals surface area contributed by atoms with E-state index in [-0.39, 0.29) is 17.8 Å². The number of aromatic nitrogens is 2. The standard InChI is InChI=1S/C22H24N4OS2.CH2O2/c1-3-11-23-21-25-19(15-28-21)22(17-7-5-4-6-8-17)9-12-26(13-10-22)20(27)18-14-24-16(2)29-18;2-1-3/h3-8,14-15H,1,9-13H2,2H3,(H,23,25);1H,(H,2,3). The third-order valence-electron chi connectivity index (χ3n) is 5.45. The van der Waals surface area contributed by atoms with Gasteiger partial charge in [0, 0.05) is 30.4 Å². The molecule has 9 heteroatoms. The fourth-order valence-corrected chi connectivity index (χ4v) is 5.46. The van der Waals surface area contributed by atoms with Crippen LogP contribution in [0.5, 0.6) is 0 Å². The van der Waals surface area contributed by atoms with Gasteiger partial charge in [-0.2, -0.15) is 0 Å². The second-order valence-electron chi connectivity index (χ2n) is 7.30. The summed E-state index contributed by atoms with van der Waals surface area (Å²) in [5.74, 6) is 0.0869. The number of likely N-dealkylation sites (tertiary alicyclic amines) is 1. The number of hydrogen-bond acceptors (Lipinski definition) is 7. The minimum Gasteiger partial charge on any atom is -0.483 e. The van der Waals surface area contributed by atoms with E-state index in [1.807, 2.05) is 24.0 Å². The van der Waals surface area contributed by atoms with Crippen LogP contribution >= 0.6 is 22.7 Å². The van der Waals surface area contributed by atoms with Gasteiger partial charge in [0.15, 0.2) is 5.13 Å². The molecule has 0 unspecified atom stereocenters. The van der Waals surface area contributed by atoms with Gasteiger partial charge in [0.2, 0.25) is 0 Å². The van der Waals surface area contributed by atoms with Gasteiger partial charge in [-0.25, -0.2) is 9.97 Å². The number of nitrogens with zero attached hydrogens (tertiary/aromatic N) is 3. The first-order valence-corrected chi connectivity index (χ1v) is 11.9. The number of piperidine rings is 1. The second-order valence-corrected chi connectivity index (χ2v) is 9.39. The quantitative estimate of drug-likeness (QED) is 0.409. The molecule has 3 aromatic rings. The molecule has 1 aromatic carbocycles. The molecular formula is C23H26N4O3S2. The number of carbonyl (C=O) groups excluding carboxylic acids is 1. The van der Waals surface area contributed by atoms with Crippen LogP contribution in [0, 0.1) is 6.92 Å². The maximum Gasteiger partial charge on any atom is 0.290 e. The molecule has 2 N–H and O–H groups in total. The molecule has 0 saturated carbocycles. The van der Waals surface area contributed by atoms with Crippen molar-refractivity contribution >= 4 is 40.2 Å².